The number of amides is 2. The summed E-state index contributed by atoms with van der Waals surface area (Å²) in [5, 5.41) is 2.98. The van der Waals surface area contributed by atoms with Gasteiger partial charge in [0.05, 0.1) is 19.3 Å². The molecule has 2 amide bonds. The van der Waals surface area contributed by atoms with Crippen molar-refractivity contribution in [3.63, 3.8) is 0 Å². The third-order valence-corrected chi connectivity index (χ3v) is 4.09. The summed E-state index contributed by atoms with van der Waals surface area (Å²) in [7, 11) is 1.58. The first-order chi connectivity index (χ1) is 11.2. The van der Waals surface area contributed by atoms with Crippen LogP contribution in [0.3, 0.4) is 0 Å². The number of nitrogens with one attached hydrogen (secondary N) is 3. The third kappa shape index (κ3) is 5.81. The first-order valence-electron chi connectivity index (χ1n) is 8.13. The van der Waals surface area contributed by atoms with Crippen molar-refractivity contribution in [2.24, 2.45) is 5.92 Å². The number of carbonyl (C=O) groups is 2. The summed E-state index contributed by atoms with van der Waals surface area (Å²) in [4.78, 5) is 23.6. The van der Waals surface area contributed by atoms with Crippen molar-refractivity contribution in [2.45, 2.75) is 38.5 Å². The van der Waals surface area contributed by atoms with Crippen LogP contribution in [0.1, 0.15) is 38.5 Å². The van der Waals surface area contributed by atoms with Crippen LogP contribution in [0.2, 0.25) is 0 Å². The Balaban J connectivity index is 1.67. The summed E-state index contributed by atoms with van der Waals surface area (Å²) in [6.45, 7) is 0.0596. The fraction of sp³-hybridized carbons (Fsp3) is 0.529. The molecule has 3 N–H and O–H groups in total. The van der Waals surface area contributed by atoms with E-state index in [1.165, 1.54) is 19.3 Å². The minimum absolute atomic E-state index is 0.0596. The zero-order chi connectivity index (χ0) is 16.5. The van der Waals surface area contributed by atoms with E-state index in [4.69, 9.17) is 4.74 Å². The van der Waals surface area contributed by atoms with Gasteiger partial charge in [-0.1, -0.05) is 31.4 Å². The Morgan fingerprint density at radius 2 is 1.78 bits per heavy atom. The van der Waals surface area contributed by atoms with E-state index in [0.717, 1.165) is 18.5 Å². The standard InChI is InChI=1S/C17H25N3O3/c1-23-15-10-6-5-9-14(15)18-12-17(22)20-19-16(21)11-13-7-3-2-4-8-13/h5-6,9-10,13,18H,2-4,7-8,11-12H2,1H3,(H,19,21)(H,20,22). The zero-order valence-corrected chi connectivity index (χ0v) is 13.6. The maximum atomic E-state index is 11.8. The number of benzene rings is 1. The van der Waals surface area contributed by atoms with Gasteiger partial charge in [-0.25, -0.2) is 0 Å². The number of para-hydroxylation sites is 2. The number of hydrazine groups is 1. The molecule has 1 aromatic rings. The Hall–Kier alpha value is -2.24. The lowest BCUT2D eigenvalue weighted by Gasteiger charge is -2.20. The van der Waals surface area contributed by atoms with Crippen LogP contribution in [-0.4, -0.2) is 25.5 Å². The average Bonchev–Trinajstić information content (AvgIpc) is 2.59. The van der Waals surface area contributed by atoms with Crippen LogP contribution in [0.4, 0.5) is 5.69 Å². The molecule has 1 aliphatic rings. The zero-order valence-electron chi connectivity index (χ0n) is 13.6. The molecule has 2 rings (SSSR count). The Morgan fingerprint density at radius 1 is 1.09 bits per heavy atom. The van der Waals surface area contributed by atoms with Crippen molar-refractivity contribution in [3.8, 4) is 5.75 Å². The number of carbonyl (C=O) groups excluding carboxylic acids is 2. The van der Waals surface area contributed by atoms with Crippen LogP contribution in [-0.2, 0) is 9.59 Å². The van der Waals surface area contributed by atoms with Crippen molar-refractivity contribution in [1.29, 1.82) is 0 Å². The van der Waals surface area contributed by atoms with Crippen LogP contribution < -0.4 is 20.9 Å². The Kier molecular flexibility index (Phi) is 6.72. The molecule has 126 valence electrons. The van der Waals surface area contributed by atoms with E-state index in [2.05, 4.69) is 16.2 Å². The molecule has 1 aliphatic carbocycles. The normalized spacial score (nSPS) is 14.8. The summed E-state index contributed by atoms with van der Waals surface area (Å²) >= 11 is 0. The van der Waals surface area contributed by atoms with Gasteiger partial charge >= 0.3 is 0 Å². The SMILES string of the molecule is COc1ccccc1NCC(=O)NNC(=O)CC1CCCCC1. The van der Waals surface area contributed by atoms with Crippen LogP contribution in [0, 0.1) is 5.92 Å². The lowest BCUT2D eigenvalue weighted by molar-refractivity contribution is -0.128. The van der Waals surface area contributed by atoms with Gasteiger partial charge in [-0.3, -0.25) is 20.4 Å². The van der Waals surface area contributed by atoms with Crippen molar-refractivity contribution < 1.29 is 14.3 Å². The lowest BCUT2D eigenvalue weighted by Crippen LogP contribution is -2.44. The third-order valence-electron chi connectivity index (χ3n) is 4.09. The second kappa shape index (κ2) is 9.02. The van der Waals surface area contributed by atoms with Gasteiger partial charge in [-0.2, -0.15) is 0 Å². The molecule has 0 radical (unpaired) electrons. The highest BCUT2D eigenvalue weighted by molar-refractivity contribution is 5.84. The van der Waals surface area contributed by atoms with Crippen LogP contribution in [0.5, 0.6) is 5.75 Å². The summed E-state index contributed by atoms with van der Waals surface area (Å²) in [5.74, 6) is 0.699. The van der Waals surface area contributed by atoms with Crippen LogP contribution in [0.15, 0.2) is 24.3 Å². The molecule has 1 fully saturated rings. The maximum absolute atomic E-state index is 11.8. The Morgan fingerprint density at radius 3 is 2.52 bits per heavy atom. The van der Waals surface area contributed by atoms with E-state index >= 15 is 0 Å². The van der Waals surface area contributed by atoms with Crippen molar-refractivity contribution in [3.05, 3.63) is 24.3 Å². The first-order valence-corrected chi connectivity index (χ1v) is 8.13. The minimum Gasteiger partial charge on any atom is -0.495 e. The Bertz CT molecular complexity index is 528. The minimum atomic E-state index is -0.298. The monoisotopic (exact) mass is 319 g/mol. The van der Waals surface area contributed by atoms with Gasteiger partial charge in [-0.15, -0.1) is 0 Å². The molecule has 1 saturated carbocycles. The molecule has 0 aliphatic heterocycles. The molecule has 0 saturated heterocycles. The van der Waals surface area contributed by atoms with Gasteiger partial charge in [0, 0.05) is 6.42 Å². The van der Waals surface area contributed by atoms with Gasteiger partial charge in [0.15, 0.2) is 0 Å². The molecule has 0 unspecified atom stereocenters. The number of hydrogen-bond donors (Lipinski definition) is 3. The predicted octanol–water partition coefficient (Wildman–Crippen LogP) is 2.22. The fourth-order valence-electron chi connectivity index (χ4n) is 2.85. The van der Waals surface area contributed by atoms with Gasteiger partial charge < -0.3 is 10.1 Å². The maximum Gasteiger partial charge on any atom is 0.257 e. The van der Waals surface area contributed by atoms with Gasteiger partial charge in [-0.05, 0) is 30.9 Å². The number of methoxy groups -OCH3 is 1. The molecule has 0 aromatic heterocycles. The average molecular weight is 319 g/mol. The summed E-state index contributed by atoms with van der Waals surface area (Å²) < 4.78 is 5.20. The predicted molar refractivity (Wildman–Crippen MR) is 89.0 cm³/mol. The highest BCUT2D eigenvalue weighted by atomic mass is 16.5. The summed E-state index contributed by atoms with van der Waals surface area (Å²) in [6.07, 6.45) is 6.37. The molecule has 6 heteroatoms. The van der Waals surface area contributed by atoms with E-state index in [1.807, 2.05) is 24.3 Å². The highest BCUT2D eigenvalue weighted by Crippen LogP contribution is 2.26. The summed E-state index contributed by atoms with van der Waals surface area (Å²) in [5.41, 5.74) is 5.66. The largest absolute Gasteiger partial charge is 0.495 e. The van der Waals surface area contributed by atoms with Crippen LogP contribution >= 0.6 is 0 Å². The second-order valence-corrected chi connectivity index (χ2v) is 5.86. The lowest BCUT2D eigenvalue weighted by atomic mass is 9.87. The van der Waals surface area contributed by atoms with E-state index in [0.29, 0.717) is 18.1 Å². The van der Waals surface area contributed by atoms with Crippen molar-refractivity contribution in [2.75, 3.05) is 19.0 Å². The molecule has 0 bridgehead atoms. The van der Waals surface area contributed by atoms with E-state index in [9.17, 15) is 9.59 Å². The molecule has 0 atom stereocenters. The summed E-state index contributed by atoms with van der Waals surface area (Å²) in [6, 6.07) is 7.35. The van der Waals surface area contributed by atoms with E-state index in [1.54, 1.807) is 7.11 Å². The van der Waals surface area contributed by atoms with Gasteiger partial charge in [0.1, 0.15) is 5.75 Å². The number of hydrogen-bond acceptors (Lipinski definition) is 4. The van der Waals surface area contributed by atoms with E-state index in [-0.39, 0.29) is 18.4 Å². The number of ether oxygens (including phenoxy) is 1. The van der Waals surface area contributed by atoms with Crippen molar-refractivity contribution >= 4 is 17.5 Å². The fourth-order valence-corrected chi connectivity index (χ4v) is 2.85. The van der Waals surface area contributed by atoms with Gasteiger partial charge in [0.2, 0.25) is 5.91 Å². The second-order valence-electron chi connectivity index (χ2n) is 5.86. The topological polar surface area (TPSA) is 79.5 Å². The molecule has 6 nitrogen and oxygen atoms in total. The first kappa shape index (κ1) is 17.1. The molecule has 0 spiro atoms. The quantitative estimate of drug-likeness (QED) is 0.703. The highest BCUT2D eigenvalue weighted by Gasteiger charge is 2.17. The molecular weight excluding hydrogens is 294 g/mol. The van der Waals surface area contributed by atoms with Crippen LogP contribution in [0.25, 0.3) is 0 Å². The molecular formula is C17H25N3O3. The molecule has 23 heavy (non-hydrogen) atoms. The number of rotatable bonds is 6. The van der Waals surface area contributed by atoms with E-state index < -0.39 is 0 Å². The number of anilines is 1. The van der Waals surface area contributed by atoms with Crippen molar-refractivity contribution in [1.82, 2.24) is 10.9 Å². The van der Waals surface area contributed by atoms with Gasteiger partial charge in [0.25, 0.3) is 5.91 Å². The molecule has 0 heterocycles. The molecule has 1 aromatic carbocycles. The Labute approximate surface area is 136 Å². The smallest absolute Gasteiger partial charge is 0.257 e.